The van der Waals surface area contributed by atoms with Crippen LogP contribution in [0.15, 0.2) is 6.07 Å². The van der Waals surface area contributed by atoms with Crippen molar-refractivity contribution in [2.24, 2.45) is 7.05 Å². The number of aromatic nitrogens is 2. The number of nitrogens with one attached hydrogen (secondary N) is 1. The molecule has 0 spiro atoms. The van der Waals surface area contributed by atoms with E-state index in [9.17, 15) is 4.79 Å². The highest BCUT2D eigenvalue weighted by Gasteiger charge is 2.45. The number of esters is 1. The molecule has 0 saturated heterocycles. The van der Waals surface area contributed by atoms with Gasteiger partial charge in [0, 0.05) is 7.05 Å². The monoisotopic (exact) mass is 209 g/mol. The third-order valence-electron chi connectivity index (χ3n) is 2.99. The number of carbonyl (C=O) groups is 1. The number of rotatable bonds is 3. The molecule has 1 saturated carbocycles. The summed E-state index contributed by atoms with van der Waals surface area (Å²) in [6.07, 6.45) is 2.17. The summed E-state index contributed by atoms with van der Waals surface area (Å²) in [4.78, 5) is 11.3. The van der Waals surface area contributed by atoms with Crippen LogP contribution in [-0.4, -0.2) is 29.9 Å². The van der Waals surface area contributed by atoms with Crippen molar-refractivity contribution in [3.05, 3.63) is 17.5 Å². The molecule has 1 N–H and O–H groups in total. The van der Waals surface area contributed by atoms with E-state index in [0.29, 0.717) is 5.69 Å². The predicted molar refractivity (Wildman–Crippen MR) is 54.5 cm³/mol. The highest BCUT2D eigenvalue weighted by molar-refractivity contribution is 5.87. The minimum Gasteiger partial charge on any atom is -0.464 e. The summed E-state index contributed by atoms with van der Waals surface area (Å²) in [6, 6.07) is 1.80. The van der Waals surface area contributed by atoms with E-state index in [1.165, 1.54) is 7.11 Å². The Hall–Kier alpha value is -1.36. The van der Waals surface area contributed by atoms with Crippen LogP contribution < -0.4 is 5.32 Å². The summed E-state index contributed by atoms with van der Waals surface area (Å²) in [5.74, 6) is -0.385. The van der Waals surface area contributed by atoms with Crippen LogP contribution in [0.25, 0.3) is 0 Å². The summed E-state index contributed by atoms with van der Waals surface area (Å²) >= 11 is 0. The van der Waals surface area contributed by atoms with Gasteiger partial charge in [0.2, 0.25) is 0 Å². The number of hydrogen-bond acceptors (Lipinski definition) is 4. The number of methoxy groups -OCH3 is 1. The molecular weight excluding hydrogens is 194 g/mol. The fourth-order valence-electron chi connectivity index (χ4n) is 1.88. The Morgan fingerprint density at radius 2 is 2.33 bits per heavy atom. The number of nitrogens with zero attached hydrogens (tertiary/aromatic N) is 2. The van der Waals surface area contributed by atoms with Gasteiger partial charge in [0.05, 0.1) is 18.3 Å². The van der Waals surface area contributed by atoms with Crippen LogP contribution in [0, 0.1) is 0 Å². The Kier molecular flexibility index (Phi) is 2.26. The van der Waals surface area contributed by atoms with Crippen molar-refractivity contribution in [2.45, 2.75) is 18.4 Å². The first-order valence-corrected chi connectivity index (χ1v) is 4.95. The van der Waals surface area contributed by atoms with E-state index >= 15 is 0 Å². The molecule has 5 heteroatoms. The average molecular weight is 209 g/mol. The lowest BCUT2D eigenvalue weighted by Gasteiger charge is -2.13. The van der Waals surface area contributed by atoms with Crippen LogP contribution >= 0.6 is 0 Å². The van der Waals surface area contributed by atoms with Gasteiger partial charge >= 0.3 is 5.97 Å². The summed E-state index contributed by atoms with van der Waals surface area (Å²) in [5, 5.41) is 7.40. The molecule has 2 rings (SSSR count). The number of hydrogen-bond donors (Lipinski definition) is 1. The minimum atomic E-state index is -0.385. The molecule has 1 fully saturated rings. The summed E-state index contributed by atoms with van der Waals surface area (Å²) in [5.41, 5.74) is 1.44. The zero-order valence-corrected chi connectivity index (χ0v) is 9.20. The van der Waals surface area contributed by atoms with Crippen molar-refractivity contribution < 1.29 is 9.53 Å². The Bertz CT molecular complexity index is 393. The molecular formula is C10H15N3O2. The second-order valence-electron chi connectivity index (χ2n) is 3.86. The highest BCUT2D eigenvalue weighted by atomic mass is 16.5. The third-order valence-corrected chi connectivity index (χ3v) is 2.99. The van der Waals surface area contributed by atoms with Crippen LogP contribution in [0.3, 0.4) is 0 Å². The van der Waals surface area contributed by atoms with E-state index in [4.69, 9.17) is 0 Å². The van der Waals surface area contributed by atoms with Gasteiger partial charge in [-0.05, 0) is 26.0 Å². The lowest BCUT2D eigenvalue weighted by atomic mass is 10.1. The maximum absolute atomic E-state index is 11.3. The van der Waals surface area contributed by atoms with Crippen LogP contribution in [-0.2, 0) is 17.3 Å². The van der Waals surface area contributed by atoms with Gasteiger partial charge in [-0.15, -0.1) is 0 Å². The van der Waals surface area contributed by atoms with Gasteiger partial charge in [-0.2, -0.15) is 5.10 Å². The summed E-state index contributed by atoms with van der Waals surface area (Å²) in [7, 11) is 5.14. The molecule has 1 aromatic heterocycles. The second kappa shape index (κ2) is 3.34. The van der Waals surface area contributed by atoms with E-state index in [0.717, 1.165) is 18.5 Å². The first kappa shape index (κ1) is 10.2. The lowest BCUT2D eigenvalue weighted by molar-refractivity contribution is 0.0593. The molecule has 0 bridgehead atoms. The number of ether oxygens (including phenoxy) is 1. The molecule has 82 valence electrons. The van der Waals surface area contributed by atoms with Gasteiger partial charge in [0.25, 0.3) is 0 Å². The smallest absolute Gasteiger partial charge is 0.358 e. The van der Waals surface area contributed by atoms with E-state index in [1.54, 1.807) is 10.7 Å². The normalized spacial score (nSPS) is 17.5. The topological polar surface area (TPSA) is 56.1 Å². The summed E-state index contributed by atoms with van der Waals surface area (Å²) in [6.45, 7) is 0. The van der Waals surface area contributed by atoms with Crippen molar-refractivity contribution in [1.82, 2.24) is 15.1 Å². The number of aryl methyl sites for hydroxylation is 1. The van der Waals surface area contributed by atoms with Gasteiger partial charge in [0.1, 0.15) is 0 Å². The molecule has 1 heterocycles. The van der Waals surface area contributed by atoms with Gasteiger partial charge in [-0.1, -0.05) is 0 Å². The molecule has 15 heavy (non-hydrogen) atoms. The Morgan fingerprint density at radius 3 is 2.80 bits per heavy atom. The molecule has 5 nitrogen and oxygen atoms in total. The van der Waals surface area contributed by atoms with Crippen molar-refractivity contribution in [1.29, 1.82) is 0 Å². The largest absolute Gasteiger partial charge is 0.464 e. The van der Waals surface area contributed by atoms with Crippen LogP contribution in [0.5, 0.6) is 0 Å². The lowest BCUT2D eigenvalue weighted by Crippen LogP contribution is -2.27. The third kappa shape index (κ3) is 1.52. The van der Waals surface area contributed by atoms with Gasteiger partial charge in [-0.3, -0.25) is 4.68 Å². The molecule has 0 atom stereocenters. The maximum atomic E-state index is 11.3. The first-order valence-electron chi connectivity index (χ1n) is 4.95. The van der Waals surface area contributed by atoms with Crippen molar-refractivity contribution >= 4 is 5.97 Å². The fourth-order valence-corrected chi connectivity index (χ4v) is 1.88. The SMILES string of the molecule is CNC1(c2cc(C(=O)OC)nn2C)CC1. The Balaban J connectivity index is 2.34. The average Bonchev–Trinajstić information content (AvgIpc) is 2.95. The van der Waals surface area contributed by atoms with Crippen molar-refractivity contribution in [3.8, 4) is 0 Å². The molecule has 0 unspecified atom stereocenters. The van der Waals surface area contributed by atoms with Crippen LogP contribution in [0.1, 0.15) is 29.0 Å². The fraction of sp³-hybridized carbons (Fsp3) is 0.600. The van der Waals surface area contributed by atoms with Crippen LogP contribution in [0.2, 0.25) is 0 Å². The zero-order chi connectivity index (χ0) is 11.1. The van der Waals surface area contributed by atoms with E-state index < -0.39 is 0 Å². The molecule has 1 aliphatic carbocycles. The minimum absolute atomic E-state index is 0.0218. The molecule has 0 aromatic carbocycles. The molecule has 1 aliphatic rings. The van der Waals surface area contributed by atoms with Crippen molar-refractivity contribution in [2.75, 3.05) is 14.2 Å². The molecule has 0 aliphatic heterocycles. The first-order chi connectivity index (χ1) is 7.13. The van der Waals surface area contributed by atoms with E-state index in [2.05, 4.69) is 15.2 Å². The zero-order valence-electron chi connectivity index (χ0n) is 9.20. The van der Waals surface area contributed by atoms with Gasteiger partial charge in [-0.25, -0.2) is 4.79 Å². The Morgan fingerprint density at radius 1 is 1.67 bits per heavy atom. The standard InChI is InChI=1S/C10H15N3O2/c1-11-10(4-5-10)8-6-7(9(14)15-3)12-13(8)2/h6,11H,4-5H2,1-3H3. The quantitative estimate of drug-likeness (QED) is 0.733. The number of carbonyl (C=O) groups excluding carboxylic acids is 1. The van der Waals surface area contributed by atoms with Gasteiger partial charge in [0.15, 0.2) is 5.69 Å². The highest BCUT2D eigenvalue weighted by Crippen LogP contribution is 2.44. The van der Waals surface area contributed by atoms with E-state index in [-0.39, 0.29) is 11.5 Å². The predicted octanol–water partition coefficient (Wildman–Crippen LogP) is 0.415. The molecule has 1 aromatic rings. The second-order valence-corrected chi connectivity index (χ2v) is 3.86. The summed E-state index contributed by atoms with van der Waals surface area (Å²) < 4.78 is 6.38. The van der Waals surface area contributed by atoms with E-state index in [1.807, 2.05) is 14.1 Å². The Labute approximate surface area is 88.4 Å². The molecule has 0 radical (unpaired) electrons. The maximum Gasteiger partial charge on any atom is 0.358 e. The van der Waals surface area contributed by atoms with Crippen LogP contribution in [0.4, 0.5) is 0 Å². The van der Waals surface area contributed by atoms with Crippen molar-refractivity contribution in [3.63, 3.8) is 0 Å². The molecule has 0 amide bonds. The van der Waals surface area contributed by atoms with Gasteiger partial charge < -0.3 is 10.1 Å².